The molecule has 0 aliphatic rings. The zero-order chi connectivity index (χ0) is 14.0. The molecule has 0 spiro atoms. The lowest BCUT2D eigenvalue weighted by molar-refractivity contribution is 0.173. The number of benzene rings is 2. The van der Waals surface area contributed by atoms with Gasteiger partial charge in [-0.3, -0.25) is 0 Å². The molecule has 0 saturated heterocycles. The van der Waals surface area contributed by atoms with E-state index >= 15 is 0 Å². The molecule has 1 atom stereocenters. The van der Waals surface area contributed by atoms with Gasteiger partial charge in [0.25, 0.3) is 0 Å². The van der Waals surface area contributed by atoms with E-state index in [0.29, 0.717) is 10.6 Å². The standard InChI is InChI=1S/C14H10Cl2F2O/c15-9-2-4-13(18)11(6-9)14(19)5-8-1-3-10(17)7-12(8)16/h1-4,6-7,14,19H,5H2. The number of halogens is 4. The smallest absolute Gasteiger partial charge is 0.129 e. The molecule has 2 aromatic carbocycles. The van der Waals surface area contributed by atoms with Gasteiger partial charge in [0, 0.05) is 22.0 Å². The first-order valence-electron chi connectivity index (χ1n) is 5.54. The van der Waals surface area contributed by atoms with Crippen LogP contribution in [-0.2, 0) is 6.42 Å². The van der Waals surface area contributed by atoms with E-state index in [0.717, 1.165) is 6.07 Å². The van der Waals surface area contributed by atoms with E-state index in [1.807, 2.05) is 0 Å². The normalized spacial score (nSPS) is 12.5. The Morgan fingerprint density at radius 1 is 1.05 bits per heavy atom. The van der Waals surface area contributed by atoms with E-state index < -0.39 is 17.7 Å². The van der Waals surface area contributed by atoms with Crippen molar-refractivity contribution in [2.45, 2.75) is 12.5 Å². The van der Waals surface area contributed by atoms with Crippen LogP contribution in [0, 0.1) is 11.6 Å². The first-order chi connectivity index (χ1) is 8.97. The molecule has 0 amide bonds. The zero-order valence-corrected chi connectivity index (χ0v) is 11.2. The third-order valence-electron chi connectivity index (χ3n) is 2.75. The fourth-order valence-electron chi connectivity index (χ4n) is 1.78. The predicted octanol–water partition coefficient (Wildman–Crippen LogP) is 4.55. The second kappa shape index (κ2) is 5.87. The largest absolute Gasteiger partial charge is 0.388 e. The van der Waals surface area contributed by atoms with Crippen LogP contribution in [0.5, 0.6) is 0 Å². The minimum atomic E-state index is -1.10. The van der Waals surface area contributed by atoms with Gasteiger partial charge in [-0.1, -0.05) is 29.3 Å². The van der Waals surface area contributed by atoms with Crippen molar-refractivity contribution >= 4 is 23.2 Å². The Balaban J connectivity index is 2.25. The van der Waals surface area contributed by atoms with Crippen LogP contribution in [-0.4, -0.2) is 5.11 Å². The van der Waals surface area contributed by atoms with E-state index in [4.69, 9.17) is 23.2 Å². The average Bonchev–Trinajstić information content (AvgIpc) is 2.35. The maximum Gasteiger partial charge on any atom is 0.129 e. The van der Waals surface area contributed by atoms with Crippen molar-refractivity contribution < 1.29 is 13.9 Å². The quantitative estimate of drug-likeness (QED) is 0.882. The van der Waals surface area contributed by atoms with Gasteiger partial charge < -0.3 is 5.11 Å². The summed E-state index contributed by atoms with van der Waals surface area (Å²) >= 11 is 11.6. The van der Waals surface area contributed by atoms with E-state index in [1.165, 1.54) is 30.3 Å². The van der Waals surface area contributed by atoms with Crippen molar-refractivity contribution in [3.05, 3.63) is 69.2 Å². The number of aliphatic hydroxyl groups is 1. The minimum Gasteiger partial charge on any atom is -0.388 e. The molecule has 1 unspecified atom stereocenters. The monoisotopic (exact) mass is 302 g/mol. The number of rotatable bonds is 3. The first-order valence-corrected chi connectivity index (χ1v) is 6.30. The molecule has 0 heterocycles. The van der Waals surface area contributed by atoms with Gasteiger partial charge in [0.1, 0.15) is 11.6 Å². The van der Waals surface area contributed by atoms with Gasteiger partial charge in [0.2, 0.25) is 0 Å². The Bertz CT molecular complexity index is 602. The Hall–Kier alpha value is -1.16. The Kier molecular flexibility index (Phi) is 4.40. The molecule has 0 radical (unpaired) electrons. The van der Waals surface area contributed by atoms with Crippen LogP contribution in [0.1, 0.15) is 17.2 Å². The Labute approximate surface area is 119 Å². The molecule has 0 aliphatic carbocycles. The Morgan fingerprint density at radius 2 is 1.79 bits per heavy atom. The number of hydrogen-bond acceptors (Lipinski definition) is 1. The highest BCUT2D eigenvalue weighted by atomic mass is 35.5. The molecule has 0 saturated carbocycles. The lowest BCUT2D eigenvalue weighted by Gasteiger charge is -2.13. The van der Waals surface area contributed by atoms with Crippen LogP contribution in [0.3, 0.4) is 0 Å². The van der Waals surface area contributed by atoms with E-state index in [2.05, 4.69) is 0 Å². The highest BCUT2D eigenvalue weighted by Crippen LogP contribution is 2.27. The van der Waals surface area contributed by atoms with Gasteiger partial charge in [-0.05, 0) is 35.9 Å². The summed E-state index contributed by atoms with van der Waals surface area (Å²) < 4.78 is 26.5. The van der Waals surface area contributed by atoms with Gasteiger partial charge >= 0.3 is 0 Å². The van der Waals surface area contributed by atoms with E-state index in [9.17, 15) is 13.9 Å². The second-order valence-corrected chi connectivity index (χ2v) is 4.97. The minimum absolute atomic E-state index is 0.0797. The maximum atomic E-state index is 13.6. The van der Waals surface area contributed by atoms with Crippen LogP contribution in [0.4, 0.5) is 8.78 Å². The molecule has 2 rings (SSSR count). The molecule has 5 heteroatoms. The van der Waals surface area contributed by atoms with Gasteiger partial charge in [0.05, 0.1) is 6.10 Å². The molecule has 1 nitrogen and oxygen atoms in total. The molecular weight excluding hydrogens is 293 g/mol. The van der Waals surface area contributed by atoms with Gasteiger partial charge in [-0.25, -0.2) is 8.78 Å². The van der Waals surface area contributed by atoms with E-state index in [1.54, 1.807) is 0 Å². The Morgan fingerprint density at radius 3 is 2.47 bits per heavy atom. The van der Waals surface area contributed by atoms with Crippen LogP contribution in [0.25, 0.3) is 0 Å². The lowest BCUT2D eigenvalue weighted by atomic mass is 10.0. The summed E-state index contributed by atoms with van der Waals surface area (Å²) in [6, 6.07) is 7.80. The summed E-state index contributed by atoms with van der Waals surface area (Å²) in [5.74, 6) is -1.01. The fourth-order valence-corrected chi connectivity index (χ4v) is 2.20. The van der Waals surface area contributed by atoms with Crippen molar-refractivity contribution in [2.24, 2.45) is 0 Å². The summed E-state index contributed by atoms with van der Waals surface area (Å²) in [5.41, 5.74) is 0.628. The summed E-state index contributed by atoms with van der Waals surface area (Å²) in [6.07, 6.45) is -1.02. The van der Waals surface area contributed by atoms with E-state index in [-0.39, 0.29) is 17.0 Å². The summed E-state index contributed by atoms with van der Waals surface area (Å²) in [7, 11) is 0. The summed E-state index contributed by atoms with van der Waals surface area (Å²) in [4.78, 5) is 0. The molecule has 1 N–H and O–H groups in total. The van der Waals surface area contributed by atoms with Crippen molar-refractivity contribution in [1.29, 1.82) is 0 Å². The second-order valence-electron chi connectivity index (χ2n) is 4.12. The van der Waals surface area contributed by atoms with Crippen LogP contribution in [0.15, 0.2) is 36.4 Å². The fraction of sp³-hybridized carbons (Fsp3) is 0.143. The van der Waals surface area contributed by atoms with Crippen LogP contribution < -0.4 is 0 Å². The molecular formula is C14H10Cl2F2O. The maximum absolute atomic E-state index is 13.6. The molecule has 0 fully saturated rings. The highest BCUT2D eigenvalue weighted by molar-refractivity contribution is 6.31. The average molecular weight is 303 g/mol. The third kappa shape index (κ3) is 3.44. The number of aliphatic hydroxyl groups excluding tert-OH is 1. The van der Waals surface area contributed by atoms with Crippen molar-refractivity contribution in [3.8, 4) is 0 Å². The SMILES string of the molecule is OC(Cc1ccc(F)cc1Cl)c1cc(Cl)ccc1F. The van der Waals surface area contributed by atoms with Crippen molar-refractivity contribution in [2.75, 3.05) is 0 Å². The summed E-state index contributed by atoms with van der Waals surface area (Å²) in [5, 5.41) is 10.6. The predicted molar refractivity (Wildman–Crippen MR) is 71.5 cm³/mol. The molecule has 100 valence electrons. The molecule has 2 aromatic rings. The zero-order valence-electron chi connectivity index (χ0n) is 9.71. The van der Waals surface area contributed by atoms with Gasteiger partial charge in [-0.2, -0.15) is 0 Å². The van der Waals surface area contributed by atoms with Crippen LogP contribution >= 0.6 is 23.2 Å². The molecule has 0 aliphatic heterocycles. The highest BCUT2D eigenvalue weighted by Gasteiger charge is 2.15. The number of hydrogen-bond donors (Lipinski definition) is 1. The third-order valence-corrected chi connectivity index (χ3v) is 3.33. The molecule has 0 aromatic heterocycles. The van der Waals surface area contributed by atoms with Gasteiger partial charge in [0.15, 0.2) is 0 Å². The lowest BCUT2D eigenvalue weighted by Crippen LogP contribution is -2.05. The van der Waals surface area contributed by atoms with Crippen molar-refractivity contribution in [3.63, 3.8) is 0 Å². The topological polar surface area (TPSA) is 20.2 Å². The summed E-state index contributed by atoms with van der Waals surface area (Å²) in [6.45, 7) is 0. The molecule has 19 heavy (non-hydrogen) atoms. The van der Waals surface area contributed by atoms with Crippen molar-refractivity contribution in [1.82, 2.24) is 0 Å². The molecule has 0 bridgehead atoms. The first kappa shape index (κ1) is 14.3. The van der Waals surface area contributed by atoms with Crippen LogP contribution in [0.2, 0.25) is 10.0 Å². The van der Waals surface area contributed by atoms with Gasteiger partial charge in [-0.15, -0.1) is 0 Å².